The van der Waals surface area contributed by atoms with Crippen LogP contribution in [0.4, 0.5) is 0 Å². The minimum atomic E-state index is 0.0754. The summed E-state index contributed by atoms with van der Waals surface area (Å²) in [5.74, 6) is 0.904. The van der Waals surface area contributed by atoms with E-state index in [0.29, 0.717) is 12.1 Å². The SMILES string of the molecule is COc1ccc(CCC(=O)c2ccn(C)n2)cc1. The van der Waals surface area contributed by atoms with E-state index in [0.717, 1.165) is 17.7 Å². The molecule has 0 radical (unpaired) electrons. The van der Waals surface area contributed by atoms with E-state index in [1.54, 1.807) is 31.1 Å². The molecule has 4 heteroatoms. The molecule has 1 aromatic carbocycles. The normalized spacial score (nSPS) is 10.3. The van der Waals surface area contributed by atoms with Gasteiger partial charge >= 0.3 is 0 Å². The van der Waals surface area contributed by atoms with E-state index in [4.69, 9.17) is 4.74 Å². The third-order valence-corrected chi connectivity index (χ3v) is 2.80. The minimum absolute atomic E-state index is 0.0754. The second-order valence-electron chi connectivity index (χ2n) is 4.15. The number of Topliss-reactive ketones (excluding diaryl/α,β-unsaturated/α-hetero) is 1. The Balaban J connectivity index is 1.92. The number of ketones is 1. The molecule has 4 nitrogen and oxygen atoms in total. The van der Waals surface area contributed by atoms with Crippen LogP contribution in [0.15, 0.2) is 36.5 Å². The highest BCUT2D eigenvalue weighted by molar-refractivity contribution is 5.94. The lowest BCUT2D eigenvalue weighted by Crippen LogP contribution is -2.03. The van der Waals surface area contributed by atoms with Gasteiger partial charge in [-0.2, -0.15) is 5.10 Å². The molecule has 0 unspecified atom stereocenters. The number of aromatic nitrogens is 2. The van der Waals surface area contributed by atoms with Gasteiger partial charge in [-0.1, -0.05) is 12.1 Å². The number of carbonyl (C=O) groups is 1. The zero-order valence-corrected chi connectivity index (χ0v) is 10.6. The number of aryl methyl sites for hydroxylation is 2. The van der Waals surface area contributed by atoms with Crippen molar-refractivity contribution in [1.82, 2.24) is 9.78 Å². The Bertz CT molecular complexity index is 529. The number of benzene rings is 1. The number of methoxy groups -OCH3 is 1. The fourth-order valence-corrected chi connectivity index (χ4v) is 1.74. The Morgan fingerprint density at radius 1 is 1.28 bits per heavy atom. The maximum atomic E-state index is 11.9. The lowest BCUT2D eigenvalue weighted by atomic mass is 10.1. The summed E-state index contributed by atoms with van der Waals surface area (Å²) in [6, 6.07) is 9.51. The first-order valence-electron chi connectivity index (χ1n) is 5.85. The summed E-state index contributed by atoms with van der Waals surface area (Å²) in [4.78, 5) is 11.9. The number of rotatable bonds is 5. The van der Waals surface area contributed by atoms with Crippen LogP contribution in [0.5, 0.6) is 5.75 Å². The van der Waals surface area contributed by atoms with Crippen molar-refractivity contribution in [3.63, 3.8) is 0 Å². The predicted molar refractivity (Wildman–Crippen MR) is 68.9 cm³/mol. The average molecular weight is 244 g/mol. The van der Waals surface area contributed by atoms with Crippen LogP contribution in [0.1, 0.15) is 22.5 Å². The molecule has 0 N–H and O–H groups in total. The van der Waals surface area contributed by atoms with Crippen molar-refractivity contribution in [3.8, 4) is 5.75 Å². The van der Waals surface area contributed by atoms with Crippen molar-refractivity contribution >= 4 is 5.78 Å². The van der Waals surface area contributed by atoms with Crippen molar-refractivity contribution < 1.29 is 9.53 Å². The Morgan fingerprint density at radius 2 is 2.00 bits per heavy atom. The number of carbonyl (C=O) groups excluding carboxylic acids is 1. The maximum Gasteiger partial charge on any atom is 0.183 e. The van der Waals surface area contributed by atoms with Gasteiger partial charge in [0.25, 0.3) is 0 Å². The standard InChI is InChI=1S/C14H16N2O2/c1-16-10-9-13(15-16)14(17)8-5-11-3-6-12(18-2)7-4-11/h3-4,6-7,9-10H,5,8H2,1-2H3. The van der Waals surface area contributed by atoms with Crippen molar-refractivity contribution in [2.75, 3.05) is 7.11 Å². The fraction of sp³-hybridized carbons (Fsp3) is 0.286. The predicted octanol–water partition coefficient (Wildman–Crippen LogP) is 2.24. The molecule has 0 aliphatic rings. The summed E-state index contributed by atoms with van der Waals surface area (Å²) in [7, 11) is 3.44. The number of hydrogen-bond acceptors (Lipinski definition) is 3. The molecule has 1 aromatic heterocycles. The third-order valence-electron chi connectivity index (χ3n) is 2.80. The van der Waals surface area contributed by atoms with Gasteiger partial charge in [0, 0.05) is 19.7 Å². The van der Waals surface area contributed by atoms with E-state index in [-0.39, 0.29) is 5.78 Å². The fourth-order valence-electron chi connectivity index (χ4n) is 1.74. The number of ether oxygens (including phenoxy) is 1. The minimum Gasteiger partial charge on any atom is -0.497 e. The van der Waals surface area contributed by atoms with Gasteiger partial charge in [-0.3, -0.25) is 9.48 Å². The lowest BCUT2D eigenvalue weighted by molar-refractivity contribution is 0.0977. The van der Waals surface area contributed by atoms with Gasteiger partial charge in [-0.05, 0) is 30.2 Å². The van der Waals surface area contributed by atoms with E-state index in [2.05, 4.69) is 5.10 Å². The first-order chi connectivity index (χ1) is 8.69. The highest BCUT2D eigenvalue weighted by Crippen LogP contribution is 2.13. The Morgan fingerprint density at radius 3 is 2.56 bits per heavy atom. The molecular weight excluding hydrogens is 228 g/mol. The summed E-state index contributed by atoms with van der Waals surface area (Å²) in [6.07, 6.45) is 2.98. The van der Waals surface area contributed by atoms with Crippen molar-refractivity contribution in [3.05, 3.63) is 47.8 Å². The quantitative estimate of drug-likeness (QED) is 0.758. The van der Waals surface area contributed by atoms with Crippen LogP contribution < -0.4 is 4.74 Å². The molecule has 0 atom stereocenters. The summed E-state index contributed by atoms with van der Waals surface area (Å²) < 4.78 is 6.73. The van der Waals surface area contributed by atoms with Crippen molar-refractivity contribution in [2.24, 2.45) is 7.05 Å². The number of hydrogen-bond donors (Lipinski definition) is 0. The van der Waals surface area contributed by atoms with Gasteiger partial charge in [0.1, 0.15) is 11.4 Å². The molecule has 0 aliphatic carbocycles. The Kier molecular flexibility index (Phi) is 3.77. The summed E-state index contributed by atoms with van der Waals surface area (Å²) >= 11 is 0. The van der Waals surface area contributed by atoms with E-state index < -0.39 is 0 Å². The largest absolute Gasteiger partial charge is 0.497 e. The van der Waals surface area contributed by atoms with E-state index >= 15 is 0 Å². The van der Waals surface area contributed by atoms with Gasteiger partial charge in [-0.25, -0.2) is 0 Å². The zero-order valence-electron chi connectivity index (χ0n) is 10.6. The molecule has 2 rings (SSSR count). The summed E-state index contributed by atoms with van der Waals surface area (Å²) in [5, 5.41) is 4.10. The summed E-state index contributed by atoms with van der Waals surface area (Å²) in [5.41, 5.74) is 1.66. The van der Waals surface area contributed by atoms with Gasteiger partial charge in [-0.15, -0.1) is 0 Å². The molecular formula is C14H16N2O2. The topological polar surface area (TPSA) is 44.1 Å². The summed E-state index contributed by atoms with van der Waals surface area (Å²) in [6.45, 7) is 0. The molecule has 0 saturated heterocycles. The molecule has 0 bridgehead atoms. The van der Waals surface area contributed by atoms with Crippen LogP contribution in [0.25, 0.3) is 0 Å². The zero-order chi connectivity index (χ0) is 13.0. The van der Waals surface area contributed by atoms with Crippen LogP contribution >= 0.6 is 0 Å². The smallest absolute Gasteiger partial charge is 0.183 e. The molecule has 0 saturated carbocycles. The highest BCUT2D eigenvalue weighted by Gasteiger charge is 2.08. The molecule has 94 valence electrons. The van der Waals surface area contributed by atoms with Gasteiger partial charge < -0.3 is 4.74 Å². The average Bonchev–Trinajstić information content (AvgIpc) is 2.83. The van der Waals surface area contributed by atoms with Crippen LogP contribution in [0.3, 0.4) is 0 Å². The molecule has 0 aliphatic heterocycles. The molecule has 0 spiro atoms. The van der Waals surface area contributed by atoms with Gasteiger partial charge in [0.2, 0.25) is 0 Å². The van der Waals surface area contributed by atoms with Crippen LogP contribution in [-0.4, -0.2) is 22.7 Å². The van der Waals surface area contributed by atoms with Gasteiger partial charge in [0.05, 0.1) is 7.11 Å². The molecule has 0 amide bonds. The third kappa shape index (κ3) is 2.97. The van der Waals surface area contributed by atoms with Gasteiger partial charge in [0.15, 0.2) is 5.78 Å². The Hall–Kier alpha value is -2.10. The first-order valence-corrected chi connectivity index (χ1v) is 5.85. The second kappa shape index (κ2) is 5.49. The molecule has 0 fully saturated rings. The first kappa shape index (κ1) is 12.4. The molecule has 2 aromatic rings. The second-order valence-corrected chi connectivity index (χ2v) is 4.15. The van der Waals surface area contributed by atoms with E-state index in [1.165, 1.54) is 0 Å². The van der Waals surface area contributed by atoms with Crippen LogP contribution in [-0.2, 0) is 13.5 Å². The van der Waals surface area contributed by atoms with Crippen LogP contribution in [0, 0.1) is 0 Å². The van der Waals surface area contributed by atoms with Crippen molar-refractivity contribution in [2.45, 2.75) is 12.8 Å². The highest BCUT2D eigenvalue weighted by atomic mass is 16.5. The molecule has 1 heterocycles. The molecule has 18 heavy (non-hydrogen) atoms. The monoisotopic (exact) mass is 244 g/mol. The maximum absolute atomic E-state index is 11.9. The van der Waals surface area contributed by atoms with Crippen LogP contribution in [0.2, 0.25) is 0 Å². The number of nitrogens with zero attached hydrogens (tertiary/aromatic N) is 2. The lowest BCUT2D eigenvalue weighted by Gasteiger charge is -2.02. The van der Waals surface area contributed by atoms with E-state index in [1.807, 2.05) is 24.3 Å². The van der Waals surface area contributed by atoms with E-state index in [9.17, 15) is 4.79 Å². The van der Waals surface area contributed by atoms with Crippen molar-refractivity contribution in [1.29, 1.82) is 0 Å². The Labute approximate surface area is 106 Å².